The summed E-state index contributed by atoms with van der Waals surface area (Å²) >= 11 is 3.40. The SMILES string of the molecule is O=C(O)c1cncc2c1CCN(C(=O)Cc1cccc(Br)c1)C2. The maximum atomic E-state index is 12.5. The smallest absolute Gasteiger partial charge is 0.337 e. The number of halogens is 1. The lowest BCUT2D eigenvalue weighted by molar-refractivity contribution is -0.131. The van der Waals surface area contributed by atoms with Gasteiger partial charge in [0.05, 0.1) is 12.0 Å². The molecular weight excluding hydrogens is 360 g/mol. The average Bonchev–Trinajstić information content (AvgIpc) is 2.53. The fourth-order valence-corrected chi connectivity index (χ4v) is 3.27. The van der Waals surface area contributed by atoms with Crippen LogP contribution in [0.15, 0.2) is 41.1 Å². The summed E-state index contributed by atoms with van der Waals surface area (Å²) in [6.07, 6.45) is 3.91. The minimum absolute atomic E-state index is 0.0366. The number of rotatable bonds is 3. The van der Waals surface area contributed by atoms with E-state index in [9.17, 15) is 14.7 Å². The molecule has 0 bridgehead atoms. The molecule has 2 heterocycles. The summed E-state index contributed by atoms with van der Waals surface area (Å²) in [5, 5.41) is 9.21. The molecule has 1 aliphatic rings. The molecule has 3 rings (SSSR count). The van der Waals surface area contributed by atoms with Gasteiger partial charge < -0.3 is 10.0 Å². The van der Waals surface area contributed by atoms with Gasteiger partial charge >= 0.3 is 5.97 Å². The van der Waals surface area contributed by atoms with Crippen molar-refractivity contribution in [3.63, 3.8) is 0 Å². The molecule has 1 aromatic carbocycles. The summed E-state index contributed by atoms with van der Waals surface area (Å²) in [5.74, 6) is -0.933. The van der Waals surface area contributed by atoms with E-state index in [0.717, 1.165) is 21.2 Å². The highest BCUT2D eigenvalue weighted by Gasteiger charge is 2.24. The Morgan fingerprint density at radius 1 is 1.30 bits per heavy atom. The molecule has 1 N–H and O–H groups in total. The number of hydrogen-bond acceptors (Lipinski definition) is 3. The van der Waals surface area contributed by atoms with Crippen molar-refractivity contribution in [2.75, 3.05) is 6.54 Å². The van der Waals surface area contributed by atoms with E-state index in [1.807, 2.05) is 24.3 Å². The normalized spacial score (nSPS) is 13.5. The van der Waals surface area contributed by atoms with E-state index in [1.54, 1.807) is 11.1 Å². The number of fused-ring (bicyclic) bond motifs is 1. The van der Waals surface area contributed by atoms with Gasteiger partial charge in [0.2, 0.25) is 5.91 Å². The van der Waals surface area contributed by atoms with Gasteiger partial charge in [-0.3, -0.25) is 9.78 Å². The van der Waals surface area contributed by atoms with Crippen LogP contribution in [0.25, 0.3) is 0 Å². The van der Waals surface area contributed by atoms with Crippen molar-refractivity contribution >= 4 is 27.8 Å². The van der Waals surface area contributed by atoms with Crippen LogP contribution in [-0.4, -0.2) is 33.4 Å². The largest absolute Gasteiger partial charge is 0.478 e. The van der Waals surface area contributed by atoms with Gasteiger partial charge in [-0.15, -0.1) is 0 Å². The number of pyridine rings is 1. The van der Waals surface area contributed by atoms with Gasteiger partial charge in [0, 0.05) is 30.0 Å². The summed E-state index contributed by atoms with van der Waals surface area (Å²) in [6, 6.07) is 7.68. The van der Waals surface area contributed by atoms with Gasteiger partial charge in [-0.2, -0.15) is 0 Å². The zero-order valence-electron chi connectivity index (χ0n) is 12.3. The standard InChI is InChI=1S/C17H15BrN2O3/c18-13-3-1-2-11(6-13)7-16(21)20-5-4-14-12(10-20)8-19-9-15(14)17(22)23/h1-3,6,8-9H,4-5,7,10H2,(H,22,23). The van der Waals surface area contributed by atoms with Crippen molar-refractivity contribution in [3.8, 4) is 0 Å². The monoisotopic (exact) mass is 374 g/mol. The van der Waals surface area contributed by atoms with E-state index in [4.69, 9.17) is 0 Å². The molecule has 0 spiro atoms. The van der Waals surface area contributed by atoms with E-state index in [2.05, 4.69) is 20.9 Å². The van der Waals surface area contributed by atoms with Gasteiger partial charge in [0.1, 0.15) is 0 Å². The van der Waals surface area contributed by atoms with E-state index in [-0.39, 0.29) is 11.5 Å². The maximum absolute atomic E-state index is 12.5. The third-order valence-electron chi connectivity index (χ3n) is 3.97. The number of aromatic nitrogens is 1. The number of carboxylic acid groups (broad SMARTS) is 1. The lowest BCUT2D eigenvalue weighted by Crippen LogP contribution is -2.37. The Labute approximate surface area is 142 Å². The minimum Gasteiger partial charge on any atom is -0.478 e. The van der Waals surface area contributed by atoms with Crippen LogP contribution >= 0.6 is 15.9 Å². The molecular formula is C17H15BrN2O3. The second-order valence-electron chi connectivity index (χ2n) is 5.50. The number of carboxylic acids is 1. The lowest BCUT2D eigenvalue weighted by atomic mass is 9.96. The average molecular weight is 375 g/mol. The predicted octanol–water partition coefficient (Wildman–Crippen LogP) is 2.67. The highest BCUT2D eigenvalue weighted by molar-refractivity contribution is 9.10. The number of carbonyl (C=O) groups excluding carboxylic acids is 1. The van der Waals surface area contributed by atoms with Crippen LogP contribution in [0.4, 0.5) is 0 Å². The van der Waals surface area contributed by atoms with Gasteiger partial charge in [-0.05, 0) is 35.2 Å². The molecule has 0 atom stereocenters. The van der Waals surface area contributed by atoms with Crippen LogP contribution in [0.5, 0.6) is 0 Å². The molecule has 1 aromatic heterocycles. The maximum Gasteiger partial charge on any atom is 0.337 e. The third kappa shape index (κ3) is 3.42. The fourth-order valence-electron chi connectivity index (χ4n) is 2.82. The number of nitrogens with zero attached hydrogens (tertiary/aromatic N) is 2. The van der Waals surface area contributed by atoms with Crippen molar-refractivity contribution in [1.82, 2.24) is 9.88 Å². The van der Waals surface area contributed by atoms with Crippen LogP contribution in [0, 0.1) is 0 Å². The van der Waals surface area contributed by atoms with Crippen molar-refractivity contribution in [3.05, 3.63) is 63.4 Å². The Morgan fingerprint density at radius 2 is 2.13 bits per heavy atom. The highest BCUT2D eigenvalue weighted by Crippen LogP contribution is 2.22. The summed E-state index contributed by atoms with van der Waals surface area (Å²) in [4.78, 5) is 29.5. The first kappa shape index (κ1) is 15.7. The van der Waals surface area contributed by atoms with Crippen LogP contribution in [-0.2, 0) is 24.2 Å². The summed E-state index contributed by atoms with van der Waals surface area (Å²) in [6.45, 7) is 0.945. The Balaban J connectivity index is 1.75. The van der Waals surface area contributed by atoms with Gasteiger partial charge in [-0.1, -0.05) is 28.1 Å². The topological polar surface area (TPSA) is 70.5 Å². The molecule has 0 radical (unpaired) electrons. The van der Waals surface area contributed by atoms with Gasteiger partial charge in [-0.25, -0.2) is 4.79 Å². The minimum atomic E-state index is -0.969. The lowest BCUT2D eigenvalue weighted by Gasteiger charge is -2.29. The molecule has 5 nitrogen and oxygen atoms in total. The molecule has 0 saturated heterocycles. The predicted molar refractivity (Wildman–Crippen MR) is 88.2 cm³/mol. The molecule has 1 amide bonds. The zero-order chi connectivity index (χ0) is 16.4. The van der Waals surface area contributed by atoms with Crippen molar-refractivity contribution in [1.29, 1.82) is 0 Å². The molecule has 0 fully saturated rings. The molecule has 0 unspecified atom stereocenters. The van der Waals surface area contributed by atoms with E-state index in [0.29, 0.717) is 25.9 Å². The van der Waals surface area contributed by atoms with Crippen LogP contribution in [0.1, 0.15) is 27.0 Å². The second kappa shape index (κ2) is 6.50. The Hall–Kier alpha value is -2.21. The van der Waals surface area contributed by atoms with Crippen LogP contribution < -0.4 is 0 Å². The van der Waals surface area contributed by atoms with Crippen LogP contribution in [0.2, 0.25) is 0 Å². The van der Waals surface area contributed by atoms with Crippen molar-refractivity contribution < 1.29 is 14.7 Å². The molecule has 2 aromatic rings. The molecule has 23 heavy (non-hydrogen) atoms. The number of amides is 1. The van der Waals surface area contributed by atoms with E-state index < -0.39 is 5.97 Å². The molecule has 0 aliphatic carbocycles. The van der Waals surface area contributed by atoms with Gasteiger partial charge in [0.25, 0.3) is 0 Å². The fraction of sp³-hybridized carbons (Fsp3) is 0.235. The molecule has 6 heteroatoms. The Kier molecular flexibility index (Phi) is 4.43. The Morgan fingerprint density at radius 3 is 2.87 bits per heavy atom. The second-order valence-corrected chi connectivity index (χ2v) is 6.42. The first-order valence-corrected chi connectivity index (χ1v) is 8.05. The molecule has 0 saturated carbocycles. The van der Waals surface area contributed by atoms with E-state index in [1.165, 1.54) is 6.20 Å². The number of carbonyl (C=O) groups is 2. The summed E-state index contributed by atoms with van der Waals surface area (Å²) in [7, 11) is 0. The summed E-state index contributed by atoms with van der Waals surface area (Å²) in [5.41, 5.74) is 2.80. The first-order chi connectivity index (χ1) is 11.0. The number of benzene rings is 1. The van der Waals surface area contributed by atoms with Crippen molar-refractivity contribution in [2.24, 2.45) is 0 Å². The first-order valence-electron chi connectivity index (χ1n) is 7.26. The molecule has 118 valence electrons. The number of hydrogen-bond donors (Lipinski definition) is 1. The quantitative estimate of drug-likeness (QED) is 0.896. The number of aromatic carboxylic acids is 1. The van der Waals surface area contributed by atoms with Crippen molar-refractivity contribution in [2.45, 2.75) is 19.4 Å². The Bertz CT molecular complexity index is 776. The zero-order valence-corrected chi connectivity index (χ0v) is 13.9. The third-order valence-corrected chi connectivity index (χ3v) is 4.46. The van der Waals surface area contributed by atoms with Crippen LogP contribution in [0.3, 0.4) is 0 Å². The van der Waals surface area contributed by atoms with E-state index >= 15 is 0 Å². The van der Waals surface area contributed by atoms with Gasteiger partial charge in [0.15, 0.2) is 0 Å². The highest BCUT2D eigenvalue weighted by atomic mass is 79.9. The molecule has 1 aliphatic heterocycles. The summed E-state index contributed by atoms with van der Waals surface area (Å²) < 4.78 is 0.946.